The van der Waals surface area contributed by atoms with Gasteiger partial charge in [-0.1, -0.05) is 74.6 Å². The van der Waals surface area contributed by atoms with E-state index >= 15 is 0 Å². The van der Waals surface area contributed by atoms with Crippen molar-refractivity contribution in [3.8, 4) is 0 Å². The van der Waals surface area contributed by atoms with Crippen LogP contribution in [0, 0.1) is 5.92 Å². The molecule has 1 saturated carbocycles. The van der Waals surface area contributed by atoms with E-state index in [2.05, 4.69) is 15.3 Å². The lowest BCUT2D eigenvalue weighted by atomic mass is 9.84. The van der Waals surface area contributed by atoms with Crippen molar-refractivity contribution in [1.29, 1.82) is 0 Å². The molecule has 1 aliphatic rings. The number of hydrogen-bond donors (Lipinski definition) is 3. The Balaban J connectivity index is 0.00000289. The van der Waals surface area contributed by atoms with Gasteiger partial charge in [-0.2, -0.15) is 4.98 Å². The average Bonchev–Trinajstić information content (AvgIpc) is 2.82. The number of nitrogens with one attached hydrogen (secondary N) is 1. The molecule has 184 valence electrons. The largest absolute Gasteiger partial charge is 0.383 e. The van der Waals surface area contributed by atoms with Gasteiger partial charge in [0, 0.05) is 17.3 Å². The number of nitrogens with two attached hydrogens (primary N) is 2. The van der Waals surface area contributed by atoms with E-state index in [9.17, 15) is 8.42 Å². The van der Waals surface area contributed by atoms with Crippen LogP contribution in [0.3, 0.4) is 0 Å². The normalized spacial score (nSPS) is 14.7. The molecule has 0 radical (unpaired) electrons. The summed E-state index contributed by atoms with van der Waals surface area (Å²) in [6, 6.07) is 17.1. The second kappa shape index (κ2) is 10.4. The van der Waals surface area contributed by atoms with Crippen LogP contribution >= 0.6 is 12.4 Å². The summed E-state index contributed by atoms with van der Waals surface area (Å²) in [5, 5.41) is 11.3. The first-order chi connectivity index (χ1) is 16.4. The Morgan fingerprint density at radius 2 is 1.54 bits per heavy atom. The van der Waals surface area contributed by atoms with Gasteiger partial charge >= 0.3 is 0 Å². The lowest BCUT2D eigenvalue weighted by molar-refractivity contribution is 0.355. The fourth-order valence-corrected chi connectivity index (χ4v) is 6.17. The molecule has 4 aromatic rings. The third kappa shape index (κ3) is 5.34. The first-order valence-corrected chi connectivity index (χ1v) is 13.3. The molecule has 0 amide bonds. The smallest absolute Gasteiger partial charge is 0.238 e. The minimum Gasteiger partial charge on any atom is -0.383 e. The second-order valence-corrected chi connectivity index (χ2v) is 10.6. The fourth-order valence-electron chi connectivity index (χ4n) is 5.18. The van der Waals surface area contributed by atoms with E-state index < -0.39 is 10.0 Å². The van der Waals surface area contributed by atoms with E-state index in [-0.39, 0.29) is 17.3 Å². The van der Waals surface area contributed by atoms with Gasteiger partial charge in [0.15, 0.2) is 0 Å². The van der Waals surface area contributed by atoms with Crippen LogP contribution in [0.4, 0.5) is 11.8 Å². The van der Waals surface area contributed by atoms with E-state index in [4.69, 9.17) is 10.9 Å². The first kappa shape index (κ1) is 25.2. The van der Waals surface area contributed by atoms with Crippen LogP contribution in [0.25, 0.3) is 21.7 Å². The Morgan fingerprint density at radius 3 is 2.26 bits per heavy atom. The second-order valence-electron chi connectivity index (χ2n) is 9.13. The van der Waals surface area contributed by atoms with Crippen LogP contribution in [-0.2, 0) is 23.0 Å². The van der Waals surface area contributed by atoms with Gasteiger partial charge in [0.25, 0.3) is 0 Å². The third-order valence-electron chi connectivity index (χ3n) is 6.75. The number of hydrogen-bond acceptors (Lipinski definition) is 6. The average molecular weight is 512 g/mol. The molecule has 0 aliphatic heterocycles. The first-order valence-electron chi connectivity index (χ1n) is 11.7. The predicted octanol–water partition coefficient (Wildman–Crippen LogP) is 5.17. The zero-order valence-electron chi connectivity index (χ0n) is 19.4. The maximum absolute atomic E-state index is 12.7. The van der Waals surface area contributed by atoms with Crippen molar-refractivity contribution in [3.63, 3.8) is 0 Å². The minimum absolute atomic E-state index is 0. The molecule has 1 aliphatic carbocycles. The highest BCUT2D eigenvalue weighted by atomic mass is 35.5. The molecule has 0 atom stereocenters. The number of nitrogens with zero attached hydrogens (tertiary/aromatic N) is 2. The van der Waals surface area contributed by atoms with Crippen LogP contribution in [-0.4, -0.2) is 18.4 Å². The molecular formula is C26H30ClN5O2S. The summed E-state index contributed by atoms with van der Waals surface area (Å²) in [5.41, 5.74) is 8.68. The Labute approximate surface area is 211 Å². The van der Waals surface area contributed by atoms with E-state index in [1.54, 1.807) is 0 Å². The monoisotopic (exact) mass is 511 g/mol. The molecule has 1 fully saturated rings. The highest BCUT2D eigenvalue weighted by Gasteiger charge is 2.23. The maximum atomic E-state index is 12.7. The van der Waals surface area contributed by atoms with Crippen LogP contribution in [0.2, 0.25) is 0 Å². The number of fused-ring (bicyclic) bond motifs is 2. The molecule has 0 spiro atoms. The van der Waals surface area contributed by atoms with Gasteiger partial charge < -0.3 is 11.1 Å². The number of sulfonamides is 1. The van der Waals surface area contributed by atoms with Crippen molar-refractivity contribution in [2.24, 2.45) is 11.1 Å². The number of para-hydroxylation sites is 1. The molecular weight excluding hydrogens is 482 g/mol. The Kier molecular flexibility index (Phi) is 7.44. The molecule has 0 bridgehead atoms. The Bertz CT molecular complexity index is 1470. The van der Waals surface area contributed by atoms with Crippen molar-refractivity contribution < 1.29 is 8.42 Å². The molecule has 1 aromatic heterocycles. The number of aromatic nitrogens is 2. The van der Waals surface area contributed by atoms with Crippen molar-refractivity contribution in [2.75, 3.05) is 11.1 Å². The van der Waals surface area contributed by atoms with Gasteiger partial charge in [0.2, 0.25) is 16.0 Å². The van der Waals surface area contributed by atoms with Gasteiger partial charge in [-0.25, -0.2) is 18.5 Å². The highest BCUT2D eigenvalue weighted by Crippen LogP contribution is 2.34. The van der Waals surface area contributed by atoms with Gasteiger partial charge in [-0.15, -0.1) is 12.4 Å². The van der Waals surface area contributed by atoms with Crippen molar-refractivity contribution in [2.45, 2.75) is 50.0 Å². The standard InChI is InChI=1S/C26H29N5O2S.ClH/c27-25-22-12-6-7-13-23(22)30-26(31-25)29-16-19-15-18(14-17-8-2-1-3-9-17)24(34(28,32)33)21-11-5-4-10-20(19)21;/h4-7,10-13,15,17H,1-3,8-9,14,16H2,(H2,28,32,33)(H3,27,29,30,31);1H. The number of primary sulfonamides is 1. The topological polar surface area (TPSA) is 124 Å². The summed E-state index contributed by atoms with van der Waals surface area (Å²) in [5.74, 6) is 1.32. The highest BCUT2D eigenvalue weighted by molar-refractivity contribution is 7.89. The number of benzene rings is 3. The van der Waals surface area contributed by atoms with E-state index in [1.165, 1.54) is 19.3 Å². The molecule has 5 N–H and O–H groups in total. The predicted molar refractivity (Wildman–Crippen MR) is 144 cm³/mol. The van der Waals surface area contributed by atoms with Crippen LogP contribution in [0.1, 0.15) is 43.2 Å². The summed E-state index contributed by atoms with van der Waals surface area (Å²) in [6.45, 7) is 0.431. The number of rotatable bonds is 6. The van der Waals surface area contributed by atoms with Crippen LogP contribution < -0.4 is 16.2 Å². The minimum atomic E-state index is -3.89. The van der Waals surface area contributed by atoms with Gasteiger partial charge in [-0.05, 0) is 41.0 Å². The maximum Gasteiger partial charge on any atom is 0.238 e. The molecule has 3 aromatic carbocycles. The van der Waals surface area contributed by atoms with E-state index in [1.807, 2.05) is 54.6 Å². The van der Waals surface area contributed by atoms with Gasteiger partial charge in [0.05, 0.1) is 10.4 Å². The van der Waals surface area contributed by atoms with Gasteiger partial charge in [-0.3, -0.25) is 0 Å². The van der Waals surface area contributed by atoms with Crippen molar-refractivity contribution in [1.82, 2.24) is 9.97 Å². The molecule has 0 saturated heterocycles. The van der Waals surface area contributed by atoms with Crippen LogP contribution in [0.15, 0.2) is 59.5 Å². The van der Waals surface area contributed by atoms with Crippen LogP contribution in [0.5, 0.6) is 0 Å². The summed E-state index contributed by atoms with van der Waals surface area (Å²) in [4.78, 5) is 9.25. The zero-order valence-corrected chi connectivity index (χ0v) is 21.0. The molecule has 7 nitrogen and oxygen atoms in total. The van der Waals surface area contributed by atoms with E-state index in [0.29, 0.717) is 36.0 Å². The van der Waals surface area contributed by atoms with Crippen molar-refractivity contribution >= 4 is 55.9 Å². The number of anilines is 2. The third-order valence-corrected chi connectivity index (χ3v) is 7.80. The SMILES string of the molecule is Cl.Nc1nc(NCc2cc(CC3CCCCC3)c(S(N)(=O)=O)c3ccccc23)nc2ccccc12. The quantitative estimate of drug-likeness (QED) is 0.328. The zero-order chi connectivity index (χ0) is 23.7. The molecule has 35 heavy (non-hydrogen) atoms. The van der Waals surface area contributed by atoms with Gasteiger partial charge in [0.1, 0.15) is 5.82 Å². The number of nitrogen functional groups attached to an aromatic ring is 1. The molecule has 9 heteroatoms. The lowest BCUT2D eigenvalue weighted by Crippen LogP contribution is -2.19. The lowest BCUT2D eigenvalue weighted by Gasteiger charge is -2.24. The Morgan fingerprint density at radius 1 is 0.886 bits per heavy atom. The number of halogens is 1. The summed E-state index contributed by atoms with van der Waals surface area (Å²) in [7, 11) is -3.89. The summed E-state index contributed by atoms with van der Waals surface area (Å²) < 4.78 is 25.4. The summed E-state index contributed by atoms with van der Waals surface area (Å²) >= 11 is 0. The molecule has 5 rings (SSSR count). The fraction of sp³-hybridized carbons (Fsp3) is 0.308. The molecule has 0 unspecified atom stereocenters. The van der Waals surface area contributed by atoms with Crippen molar-refractivity contribution in [3.05, 3.63) is 65.7 Å². The van der Waals surface area contributed by atoms with E-state index in [0.717, 1.165) is 40.3 Å². The summed E-state index contributed by atoms with van der Waals surface area (Å²) in [6.07, 6.45) is 6.59. The molecule has 1 heterocycles. The Hall–Kier alpha value is -2.94.